The second-order valence-corrected chi connectivity index (χ2v) is 3.17. The van der Waals surface area contributed by atoms with Crippen LogP contribution >= 0.6 is 0 Å². The van der Waals surface area contributed by atoms with Crippen LogP contribution in [0, 0.1) is 0 Å². The summed E-state index contributed by atoms with van der Waals surface area (Å²) in [5.41, 5.74) is 0. The predicted octanol–water partition coefficient (Wildman–Crippen LogP) is -0.893. The van der Waals surface area contributed by atoms with Gasteiger partial charge in [0.25, 0.3) is 0 Å². The van der Waals surface area contributed by atoms with E-state index in [-0.39, 0.29) is 18.7 Å². The molecular formula is C8H17NO3. The molecule has 0 saturated carbocycles. The summed E-state index contributed by atoms with van der Waals surface area (Å²) in [7, 11) is 0. The highest BCUT2D eigenvalue weighted by Gasteiger charge is 2.27. The van der Waals surface area contributed by atoms with E-state index in [2.05, 4.69) is 5.32 Å². The molecule has 0 spiro atoms. The summed E-state index contributed by atoms with van der Waals surface area (Å²) in [6.45, 7) is 3.05. The molecule has 0 aliphatic carbocycles. The van der Waals surface area contributed by atoms with Gasteiger partial charge in [-0.3, -0.25) is 0 Å². The first kappa shape index (κ1) is 9.92. The summed E-state index contributed by atoms with van der Waals surface area (Å²) >= 11 is 0. The van der Waals surface area contributed by atoms with Crippen LogP contribution in [-0.4, -0.2) is 48.2 Å². The molecule has 0 aromatic rings. The predicted molar refractivity (Wildman–Crippen MR) is 44.9 cm³/mol. The van der Waals surface area contributed by atoms with Crippen molar-refractivity contribution in [3.8, 4) is 0 Å². The number of nitrogens with one attached hydrogen (secondary N) is 1. The van der Waals surface area contributed by atoms with Crippen molar-refractivity contribution in [2.24, 2.45) is 0 Å². The van der Waals surface area contributed by atoms with Gasteiger partial charge in [-0.15, -0.1) is 0 Å². The Morgan fingerprint density at radius 1 is 1.58 bits per heavy atom. The first-order valence-electron chi connectivity index (χ1n) is 4.40. The highest BCUT2D eigenvalue weighted by molar-refractivity contribution is 4.83. The maximum Gasteiger partial charge on any atom is 0.0948 e. The van der Waals surface area contributed by atoms with Gasteiger partial charge in [0, 0.05) is 6.04 Å². The zero-order valence-electron chi connectivity index (χ0n) is 7.36. The van der Waals surface area contributed by atoms with Crippen molar-refractivity contribution in [2.45, 2.75) is 31.5 Å². The Hall–Kier alpha value is -0.160. The Morgan fingerprint density at radius 2 is 2.33 bits per heavy atom. The SMILES string of the molecule is CCC(CO)NC1COCC1O. The van der Waals surface area contributed by atoms with E-state index in [9.17, 15) is 5.11 Å². The van der Waals surface area contributed by atoms with Crippen LogP contribution in [0.15, 0.2) is 0 Å². The van der Waals surface area contributed by atoms with Gasteiger partial charge in [-0.2, -0.15) is 0 Å². The molecule has 0 aromatic carbocycles. The molecular weight excluding hydrogens is 158 g/mol. The molecule has 3 atom stereocenters. The second-order valence-electron chi connectivity index (χ2n) is 3.17. The lowest BCUT2D eigenvalue weighted by Crippen LogP contribution is -2.46. The molecule has 0 amide bonds. The van der Waals surface area contributed by atoms with Crippen LogP contribution in [0.3, 0.4) is 0 Å². The molecule has 12 heavy (non-hydrogen) atoms. The largest absolute Gasteiger partial charge is 0.395 e. The smallest absolute Gasteiger partial charge is 0.0948 e. The minimum Gasteiger partial charge on any atom is -0.395 e. The fraction of sp³-hybridized carbons (Fsp3) is 1.00. The third-order valence-electron chi connectivity index (χ3n) is 2.21. The van der Waals surface area contributed by atoms with Crippen molar-refractivity contribution in [1.82, 2.24) is 5.32 Å². The van der Waals surface area contributed by atoms with E-state index in [0.717, 1.165) is 6.42 Å². The summed E-state index contributed by atoms with van der Waals surface area (Å²) in [4.78, 5) is 0. The van der Waals surface area contributed by atoms with E-state index in [4.69, 9.17) is 9.84 Å². The van der Waals surface area contributed by atoms with Crippen molar-refractivity contribution < 1.29 is 14.9 Å². The van der Waals surface area contributed by atoms with Gasteiger partial charge in [-0.25, -0.2) is 0 Å². The molecule has 0 radical (unpaired) electrons. The van der Waals surface area contributed by atoms with Gasteiger partial charge in [0.1, 0.15) is 0 Å². The second kappa shape index (κ2) is 4.77. The lowest BCUT2D eigenvalue weighted by molar-refractivity contribution is 0.118. The van der Waals surface area contributed by atoms with E-state index in [1.807, 2.05) is 6.92 Å². The standard InChI is InChI=1S/C8H17NO3/c1-2-6(3-10)9-7-4-12-5-8(7)11/h6-11H,2-5H2,1H3. The molecule has 4 heteroatoms. The maximum absolute atomic E-state index is 9.36. The topological polar surface area (TPSA) is 61.7 Å². The van der Waals surface area contributed by atoms with Gasteiger partial charge in [0.2, 0.25) is 0 Å². The van der Waals surface area contributed by atoms with E-state index >= 15 is 0 Å². The summed E-state index contributed by atoms with van der Waals surface area (Å²) in [6.07, 6.45) is 0.435. The quantitative estimate of drug-likeness (QED) is 0.518. The minimum atomic E-state index is -0.425. The van der Waals surface area contributed by atoms with Crippen LogP contribution < -0.4 is 5.32 Å². The third-order valence-corrected chi connectivity index (χ3v) is 2.21. The van der Waals surface area contributed by atoms with Crippen LogP contribution in [0.4, 0.5) is 0 Å². The Kier molecular flexibility index (Phi) is 3.94. The van der Waals surface area contributed by atoms with Gasteiger partial charge < -0.3 is 20.3 Å². The first-order chi connectivity index (χ1) is 5.77. The average Bonchev–Trinajstić information content (AvgIpc) is 2.47. The van der Waals surface area contributed by atoms with Gasteiger partial charge in [-0.1, -0.05) is 6.92 Å². The number of hydrogen-bond donors (Lipinski definition) is 3. The van der Waals surface area contributed by atoms with Gasteiger partial charge in [-0.05, 0) is 6.42 Å². The fourth-order valence-electron chi connectivity index (χ4n) is 1.30. The highest BCUT2D eigenvalue weighted by atomic mass is 16.5. The number of aliphatic hydroxyl groups excluding tert-OH is 2. The highest BCUT2D eigenvalue weighted by Crippen LogP contribution is 2.06. The Morgan fingerprint density at radius 3 is 2.75 bits per heavy atom. The Bertz CT molecular complexity index is 127. The summed E-state index contributed by atoms with van der Waals surface area (Å²) in [5.74, 6) is 0. The van der Waals surface area contributed by atoms with E-state index < -0.39 is 6.10 Å². The van der Waals surface area contributed by atoms with E-state index in [0.29, 0.717) is 13.2 Å². The van der Waals surface area contributed by atoms with E-state index in [1.54, 1.807) is 0 Å². The fourth-order valence-corrected chi connectivity index (χ4v) is 1.30. The molecule has 1 aliphatic heterocycles. The van der Waals surface area contributed by atoms with Crippen molar-refractivity contribution >= 4 is 0 Å². The normalized spacial score (nSPS) is 32.2. The molecule has 1 aliphatic rings. The summed E-state index contributed by atoms with van der Waals surface area (Å²) < 4.78 is 5.07. The van der Waals surface area contributed by atoms with Crippen molar-refractivity contribution in [2.75, 3.05) is 19.8 Å². The van der Waals surface area contributed by atoms with Gasteiger partial charge in [0.05, 0.1) is 32.0 Å². The van der Waals surface area contributed by atoms with E-state index in [1.165, 1.54) is 0 Å². The molecule has 0 bridgehead atoms. The Labute approximate surface area is 72.5 Å². The molecule has 1 heterocycles. The van der Waals surface area contributed by atoms with Gasteiger partial charge in [0.15, 0.2) is 0 Å². The molecule has 1 fully saturated rings. The van der Waals surface area contributed by atoms with Crippen molar-refractivity contribution in [1.29, 1.82) is 0 Å². The molecule has 3 unspecified atom stereocenters. The molecule has 1 saturated heterocycles. The van der Waals surface area contributed by atoms with Crippen LogP contribution in [0.25, 0.3) is 0 Å². The number of aliphatic hydroxyl groups is 2. The third kappa shape index (κ3) is 2.42. The zero-order chi connectivity index (χ0) is 8.97. The lowest BCUT2D eigenvalue weighted by Gasteiger charge is -2.20. The van der Waals surface area contributed by atoms with Crippen LogP contribution in [-0.2, 0) is 4.74 Å². The Balaban J connectivity index is 2.28. The average molecular weight is 175 g/mol. The van der Waals surface area contributed by atoms with Crippen molar-refractivity contribution in [3.05, 3.63) is 0 Å². The molecule has 0 aromatic heterocycles. The number of ether oxygens (including phenoxy) is 1. The molecule has 4 nitrogen and oxygen atoms in total. The van der Waals surface area contributed by atoms with Crippen molar-refractivity contribution in [3.63, 3.8) is 0 Å². The van der Waals surface area contributed by atoms with Crippen LogP contribution in [0.5, 0.6) is 0 Å². The molecule has 1 rings (SSSR count). The number of hydrogen-bond acceptors (Lipinski definition) is 4. The van der Waals surface area contributed by atoms with Gasteiger partial charge >= 0.3 is 0 Å². The monoisotopic (exact) mass is 175 g/mol. The zero-order valence-corrected chi connectivity index (χ0v) is 7.36. The van der Waals surface area contributed by atoms with Crippen LogP contribution in [0.2, 0.25) is 0 Å². The van der Waals surface area contributed by atoms with Crippen LogP contribution in [0.1, 0.15) is 13.3 Å². The summed E-state index contributed by atoms with van der Waals surface area (Å²) in [6, 6.07) is 0.0634. The first-order valence-corrected chi connectivity index (χ1v) is 4.40. The minimum absolute atomic E-state index is 0.0119. The maximum atomic E-state index is 9.36. The molecule has 72 valence electrons. The summed E-state index contributed by atoms with van der Waals surface area (Å²) in [5, 5.41) is 21.4. The molecule has 3 N–H and O–H groups in total. The lowest BCUT2D eigenvalue weighted by atomic mass is 10.1. The number of rotatable bonds is 4.